The number of amides is 1. The predicted molar refractivity (Wildman–Crippen MR) is 72.3 cm³/mol. The van der Waals surface area contributed by atoms with Gasteiger partial charge in [0.25, 0.3) is 5.91 Å². The van der Waals surface area contributed by atoms with Crippen LogP contribution in [0.15, 0.2) is 23.0 Å². The summed E-state index contributed by atoms with van der Waals surface area (Å²) in [4.78, 5) is 12.2. The van der Waals surface area contributed by atoms with Crippen LogP contribution in [-0.4, -0.2) is 29.3 Å². The third-order valence-electron chi connectivity index (χ3n) is 3.28. The van der Waals surface area contributed by atoms with Gasteiger partial charge in [0.2, 0.25) is 0 Å². The summed E-state index contributed by atoms with van der Waals surface area (Å²) in [5, 5.41) is 13.9. The van der Waals surface area contributed by atoms with Crippen molar-refractivity contribution in [3.63, 3.8) is 0 Å². The maximum absolute atomic E-state index is 12.2. The van der Waals surface area contributed by atoms with Crippen molar-refractivity contribution in [1.82, 2.24) is 15.5 Å². The molecular formula is C13H15N3O2S. The highest BCUT2D eigenvalue weighted by Crippen LogP contribution is 2.26. The van der Waals surface area contributed by atoms with E-state index in [1.807, 2.05) is 16.8 Å². The van der Waals surface area contributed by atoms with Gasteiger partial charge in [-0.2, -0.15) is 16.4 Å². The Morgan fingerprint density at radius 1 is 1.63 bits per heavy atom. The number of carbonyl (C=O) groups is 1. The van der Waals surface area contributed by atoms with Crippen molar-refractivity contribution in [3.05, 3.63) is 39.8 Å². The number of rotatable bonds is 4. The van der Waals surface area contributed by atoms with E-state index in [1.165, 1.54) is 0 Å². The van der Waals surface area contributed by atoms with Crippen LogP contribution in [0.4, 0.5) is 0 Å². The molecule has 6 heteroatoms. The van der Waals surface area contributed by atoms with Gasteiger partial charge < -0.3 is 10.1 Å². The second-order valence-corrected chi connectivity index (χ2v) is 5.35. The molecule has 0 aromatic carbocycles. The number of hydrogen-bond acceptors (Lipinski definition) is 4. The van der Waals surface area contributed by atoms with Crippen molar-refractivity contribution in [1.29, 1.82) is 0 Å². The SMILES string of the molecule is O=C(NCc1ccsc1)c1cn[nH]c1[C@H]1CCOC1. The normalized spacial score (nSPS) is 18.6. The van der Waals surface area contributed by atoms with E-state index in [-0.39, 0.29) is 11.8 Å². The Hall–Kier alpha value is -1.66. The molecule has 0 bridgehead atoms. The number of nitrogens with zero attached hydrogens (tertiary/aromatic N) is 1. The molecular weight excluding hydrogens is 262 g/mol. The highest BCUT2D eigenvalue weighted by molar-refractivity contribution is 7.07. The number of aromatic amines is 1. The lowest BCUT2D eigenvalue weighted by molar-refractivity contribution is 0.0949. The first-order valence-electron chi connectivity index (χ1n) is 6.25. The lowest BCUT2D eigenvalue weighted by Crippen LogP contribution is -2.23. The van der Waals surface area contributed by atoms with Gasteiger partial charge in [-0.1, -0.05) is 0 Å². The Labute approximate surface area is 115 Å². The van der Waals surface area contributed by atoms with Gasteiger partial charge in [-0.05, 0) is 28.8 Å². The van der Waals surface area contributed by atoms with Crippen molar-refractivity contribution in [3.8, 4) is 0 Å². The van der Waals surface area contributed by atoms with Gasteiger partial charge in [-0.25, -0.2) is 0 Å². The topological polar surface area (TPSA) is 67.0 Å². The molecule has 2 aromatic rings. The minimum Gasteiger partial charge on any atom is -0.381 e. The number of carbonyl (C=O) groups excluding carboxylic acids is 1. The summed E-state index contributed by atoms with van der Waals surface area (Å²) < 4.78 is 5.36. The molecule has 0 unspecified atom stereocenters. The summed E-state index contributed by atoms with van der Waals surface area (Å²) in [5.74, 6) is 0.172. The molecule has 2 N–H and O–H groups in total. The molecule has 1 amide bonds. The zero-order valence-electron chi connectivity index (χ0n) is 10.4. The number of thiophene rings is 1. The van der Waals surface area contributed by atoms with Crippen LogP contribution >= 0.6 is 11.3 Å². The smallest absolute Gasteiger partial charge is 0.255 e. The standard InChI is InChI=1S/C13H15N3O2S/c17-13(14-5-9-2-4-19-8-9)11-6-15-16-12(11)10-1-3-18-7-10/h2,4,6,8,10H,1,3,5,7H2,(H,14,17)(H,15,16)/t10-/m0/s1. The van der Waals surface area contributed by atoms with E-state index in [4.69, 9.17) is 4.74 Å². The summed E-state index contributed by atoms with van der Waals surface area (Å²) in [6.07, 6.45) is 2.53. The molecule has 1 atom stereocenters. The summed E-state index contributed by atoms with van der Waals surface area (Å²) in [5.41, 5.74) is 2.64. The molecule has 5 nitrogen and oxygen atoms in total. The van der Waals surface area contributed by atoms with Crippen LogP contribution in [0.5, 0.6) is 0 Å². The number of hydrogen-bond donors (Lipinski definition) is 2. The molecule has 1 aliphatic heterocycles. The number of ether oxygens (including phenoxy) is 1. The second kappa shape index (κ2) is 5.54. The lowest BCUT2D eigenvalue weighted by Gasteiger charge is -2.08. The van der Waals surface area contributed by atoms with Gasteiger partial charge in [0.15, 0.2) is 0 Å². The molecule has 1 aliphatic rings. The Morgan fingerprint density at radius 2 is 2.58 bits per heavy atom. The van der Waals surface area contributed by atoms with Crippen LogP contribution in [0.1, 0.15) is 34.0 Å². The summed E-state index contributed by atoms with van der Waals surface area (Å²) >= 11 is 1.63. The van der Waals surface area contributed by atoms with E-state index in [0.29, 0.717) is 18.7 Å². The third kappa shape index (κ3) is 2.69. The number of aromatic nitrogens is 2. The molecule has 0 spiro atoms. The molecule has 1 fully saturated rings. The first kappa shape index (κ1) is 12.4. The van der Waals surface area contributed by atoms with E-state index >= 15 is 0 Å². The van der Waals surface area contributed by atoms with E-state index in [9.17, 15) is 4.79 Å². The summed E-state index contributed by atoms with van der Waals surface area (Å²) in [7, 11) is 0. The first-order chi connectivity index (χ1) is 9.34. The molecule has 19 heavy (non-hydrogen) atoms. The molecule has 1 saturated heterocycles. The van der Waals surface area contributed by atoms with Crippen LogP contribution in [-0.2, 0) is 11.3 Å². The van der Waals surface area contributed by atoms with Gasteiger partial charge in [0.05, 0.1) is 24.1 Å². The van der Waals surface area contributed by atoms with Gasteiger partial charge in [-0.15, -0.1) is 0 Å². The van der Waals surface area contributed by atoms with Crippen LogP contribution in [0.2, 0.25) is 0 Å². The third-order valence-corrected chi connectivity index (χ3v) is 4.02. The molecule has 3 heterocycles. The minimum absolute atomic E-state index is 0.0816. The first-order valence-corrected chi connectivity index (χ1v) is 7.19. The zero-order chi connectivity index (χ0) is 13.1. The fraction of sp³-hybridized carbons (Fsp3) is 0.385. The molecule has 0 saturated carbocycles. The summed E-state index contributed by atoms with van der Waals surface area (Å²) in [6.45, 7) is 1.96. The average Bonchev–Trinajstić information content (AvgIpc) is 3.14. The number of H-pyrrole nitrogens is 1. The van der Waals surface area contributed by atoms with Crippen molar-refractivity contribution < 1.29 is 9.53 Å². The highest BCUT2D eigenvalue weighted by atomic mass is 32.1. The maximum Gasteiger partial charge on any atom is 0.255 e. The molecule has 3 rings (SSSR count). The van der Waals surface area contributed by atoms with Crippen LogP contribution < -0.4 is 5.32 Å². The molecule has 0 radical (unpaired) electrons. The molecule has 100 valence electrons. The van der Waals surface area contributed by atoms with E-state index < -0.39 is 0 Å². The largest absolute Gasteiger partial charge is 0.381 e. The fourth-order valence-electron chi connectivity index (χ4n) is 2.22. The predicted octanol–water partition coefficient (Wildman–Crippen LogP) is 1.91. The second-order valence-electron chi connectivity index (χ2n) is 4.57. The monoisotopic (exact) mass is 277 g/mol. The van der Waals surface area contributed by atoms with Gasteiger partial charge in [-0.3, -0.25) is 9.89 Å². The molecule has 2 aromatic heterocycles. The van der Waals surface area contributed by atoms with Gasteiger partial charge in [0.1, 0.15) is 0 Å². The highest BCUT2D eigenvalue weighted by Gasteiger charge is 2.25. The van der Waals surface area contributed by atoms with E-state index in [2.05, 4.69) is 15.5 Å². The maximum atomic E-state index is 12.2. The van der Waals surface area contributed by atoms with E-state index in [0.717, 1.165) is 24.3 Å². The van der Waals surface area contributed by atoms with E-state index in [1.54, 1.807) is 17.5 Å². The Balaban J connectivity index is 1.67. The van der Waals surface area contributed by atoms with Crippen molar-refractivity contribution in [2.75, 3.05) is 13.2 Å². The van der Waals surface area contributed by atoms with Crippen LogP contribution in [0, 0.1) is 0 Å². The van der Waals surface area contributed by atoms with Crippen LogP contribution in [0.3, 0.4) is 0 Å². The minimum atomic E-state index is -0.0816. The number of nitrogens with one attached hydrogen (secondary N) is 2. The lowest BCUT2D eigenvalue weighted by atomic mass is 10.0. The van der Waals surface area contributed by atoms with Crippen LogP contribution in [0.25, 0.3) is 0 Å². The van der Waals surface area contributed by atoms with Crippen molar-refractivity contribution in [2.45, 2.75) is 18.9 Å². The van der Waals surface area contributed by atoms with Crippen molar-refractivity contribution in [2.24, 2.45) is 0 Å². The Bertz CT molecular complexity index is 544. The van der Waals surface area contributed by atoms with Gasteiger partial charge >= 0.3 is 0 Å². The fourth-order valence-corrected chi connectivity index (χ4v) is 2.89. The Morgan fingerprint density at radius 3 is 3.32 bits per heavy atom. The quantitative estimate of drug-likeness (QED) is 0.897. The van der Waals surface area contributed by atoms with Gasteiger partial charge in [0, 0.05) is 19.1 Å². The van der Waals surface area contributed by atoms with Crippen molar-refractivity contribution >= 4 is 17.2 Å². The zero-order valence-corrected chi connectivity index (χ0v) is 11.2. The molecule has 0 aliphatic carbocycles. The summed E-state index contributed by atoms with van der Waals surface area (Å²) in [6, 6.07) is 2.01. The Kier molecular flexibility index (Phi) is 3.61. The average molecular weight is 277 g/mol.